The van der Waals surface area contributed by atoms with E-state index in [4.69, 9.17) is 0 Å². The zero-order chi connectivity index (χ0) is 20.8. The zero-order valence-corrected chi connectivity index (χ0v) is 16.6. The Morgan fingerprint density at radius 3 is 2.07 bits per heavy atom. The van der Waals surface area contributed by atoms with Crippen molar-refractivity contribution in [1.29, 1.82) is 0 Å². The molecule has 2 N–H and O–H groups in total. The number of para-hydroxylation sites is 1. The molecule has 0 aliphatic carbocycles. The summed E-state index contributed by atoms with van der Waals surface area (Å²) in [5.74, 6) is 0. The predicted octanol–water partition coefficient (Wildman–Crippen LogP) is 0.892. The lowest BCUT2D eigenvalue weighted by Gasteiger charge is -2.20. The summed E-state index contributed by atoms with van der Waals surface area (Å²) in [6.45, 7) is 0. The van der Waals surface area contributed by atoms with Crippen molar-refractivity contribution in [2.75, 3.05) is 38.0 Å². The molecule has 0 atom stereocenters. The van der Waals surface area contributed by atoms with Crippen LogP contribution >= 0.6 is 0 Å². The van der Waals surface area contributed by atoms with E-state index in [1.54, 1.807) is 38.0 Å². The first-order chi connectivity index (χ1) is 13.0. The van der Waals surface area contributed by atoms with E-state index in [9.17, 15) is 23.2 Å². The van der Waals surface area contributed by atoms with Crippen molar-refractivity contribution in [3.63, 3.8) is 0 Å². The van der Waals surface area contributed by atoms with E-state index in [1.807, 2.05) is 6.07 Å². The number of anilines is 2. The number of aromatic nitrogens is 2. The first-order valence-corrected chi connectivity index (χ1v) is 9.74. The van der Waals surface area contributed by atoms with Crippen LogP contribution in [0.1, 0.15) is 0 Å². The second kappa shape index (κ2) is 6.71. The van der Waals surface area contributed by atoms with Crippen LogP contribution < -0.4 is 21.0 Å². The second-order valence-electron chi connectivity index (χ2n) is 6.70. The summed E-state index contributed by atoms with van der Waals surface area (Å²) < 4.78 is 26.7. The Morgan fingerprint density at radius 1 is 0.964 bits per heavy atom. The third kappa shape index (κ3) is 3.11. The predicted molar refractivity (Wildman–Crippen MR) is 107 cm³/mol. The van der Waals surface area contributed by atoms with Crippen molar-refractivity contribution < 1.29 is 13.6 Å². The van der Waals surface area contributed by atoms with Crippen molar-refractivity contribution in [2.45, 2.75) is 9.79 Å². The van der Waals surface area contributed by atoms with Crippen LogP contribution in [-0.2, 0) is 9.84 Å². The Bertz CT molecular complexity index is 1260. The SMILES string of the molecule is CN(C)c1cc(N(C)C)cc(S(=O)(=O)c2cccc3c(=O)n(O)c(=O)[nH]c23)c1. The van der Waals surface area contributed by atoms with Gasteiger partial charge in [0.15, 0.2) is 0 Å². The number of nitrogens with zero attached hydrogens (tertiary/aromatic N) is 3. The molecule has 3 aromatic rings. The van der Waals surface area contributed by atoms with Gasteiger partial charge in [-0.3, -0.25) is 4.79 Å². The van der Waals surface area contributed by atoms with Gasteiger partial charge in [-0.1, -0.05) is 10.8 Å². The van der Waals surface area contributed by atoms with Gasteiger partial charge in [-0.05, 0) is 30.3 Å². The summed E-state index contributed by atoms with van der Waals surface area (Å²) >= 11 is 0. The number of aromatic amines is 1. The Morgan fingerprint density at radius 2 is 1.54 bits per heavy atom. The lowest BCUT2D eigenvalue weighted by molar-refractivity contribution is 0.162. The normalized spacial score (nSPS) is 11.6. The fraction of sp³-hybridized carbons (Fsp3) is 0.222. The molecule has 28 heavy (non-hydrogen) atoms. The van der Waals surface area contributed by atoms with Crippen molar-refractivity contribution in [3.05, 3.63) is 57.2 Å². The fourth-order valence-electron chi connectivity index (χ4n) is 2.79. The van der Waals surface area contributed by atoms with Gasteiger partial charge in [0.05, 0.1) is 20.7 Å². The number of fused-ring (bicyclic) bond motifs is 1. The molecule has 3 rings (SSSR count). The van der Waals surface area contributed by atoms with Crippen LogP contribution in [0.3, 0.4) is 0 Å². The van der Waals surface area contributed by atoms with E-state index < -0.39 is 21.1 Å². The van der Waals surface area contributed by atoms with Crippen molar-refractivity contribution in [2.24, 2.45) is 0 Å². The number of benzene rings is 2. The maximum Gasteiger partial charge on any atom is 0.362 e. The van der Waals surface area contributed by atoms with E-state index in [2.05, 4.69) is 4.98 Å². The number of H-pyrrole nitrogens is 1. The molecule has 148 valence electrons. The number of hydrogen-bond acceptors (Lipinski definition) is 7. The maximum atomic E-state index is 13.4. The molecule has 0 spiro atoms. The lowest BCUT2D eigenvalue weighted by Crippen LogP contribution is -2.33. The van der Waals surface area contributed by atoms with E-state index in [-0.39, 0.29) is 25.4 Å². The van der Waals surface area contributed by atoms with E-state index >= 15 is 0 Å². The molecule has 0 fully saturated rings. The summed E-state index contributed by atoms with van der Waals surface area (Å²) in [7, 11) is 3.11. The zero-order valence-electron chi connectivity index (χ0n) is 15.8. The fourth-order valence-corrected chi connectivity index (χ4v) is 4.29. The number of sulfone groups is 1. The Labute approximate surface area is 160 Å². The first kappa shape index (κ1) is 19.5. The van der Waals surface area contributed by atoms with Gasteiger partial charge in [0, 0.05) is 39.6 Å². The monoisotopic (exact) mass is 404 g/mol. The molecule has 10 heteroatoms. The molecule has 0 aliphatic heterocycles. The van der Waals surface area contributed by atoms with Gasteiger partial charge in [-0.2, -0.15) is 0 Å². The van der Waals surface area contributed by atoms with Gasteiger partial charge in [-0.25, -0.2) is 13.2 Å². The topological polar surface area (TPSA) is 116 Å². The molecule has 0 aliphatic rings. The smallest absolute Gasteiger partial charge is 0.362 e. The molecule has 9 nitrogen and oxygen atoms in total. The second-order valence-corrected chi connectivity index (χ2v) is 8.62. The van der Waals surface area contributed by atoms with Crippen LogP contribution in [0.25, 0.3) is 10.9 Å². The standard InChI is InChI=1S/C18H20N4O5S/c1-20(2)11-8-12(21(3)4)10-13(9-11)28(26,27)15-7-5-6-14-16(15)19-18(24)22(25)17(14)23/h5-10,25H,1-4H3,(H,19,24). The molecule has 0 saturated heterocycles. The van der Waals surface area contributed by atoms with Crippen LogP contribution in [0.5, 0.6) is 0 Å². The van der Waals surface area contributed by atoms with Gasteiger partial charge in [0.1, 0.15) is 0 Å². The molecule has 2 aromatic carbocycles. The van der Waals surface area contributed by atoms with E-state index in [0.29, 0.717) is 11.4 Å². The molecule has 0 radical (unpaired) electrons. The van der Waals surface area contributed by atoms with E-state index in [0.717, 1.165) is 0 Å². The first-order valence-electron chi connectivity index (χ1n) is 8.26. The minimum Gasteiger partial charge on any atom is -0.421 e. The Hall–Kier alpha value is -3.27. The van der Waals surface area contributed by atoms with E-state index in [1.165, 1.54) is 30.3 Å². The molecule has 1 aromatic heterocycles. The Kier molecular flexibility index (Phi) is 4.67. The van der Waals surface area contributed by atoms with Crippen molar-refractivity contribution >= 4 is 32.1 Å². The van der Waals surface area contributed by atoms with Crippen LogP contribution in [0.15, 0.2) is 55.8 Å². The number of rotatable bonds is 4. The molecular weight excluding hydrogens is 384 g/mol. The van der Waals surface area contributed by atoms with Crippen LogP contribution in [0, 0.1) is 0 Å². The van der Waals surface area contributed by atoms with Crippen LogP contribution in [0.2, 0.25) is 0 Å². The lowest BCUT2D eigenvalue weighted by atomic mass is 10.2. The van der Waals surface area contributed by atoms with Crippen LogP contribution in [0.4, 0.5) is 11.4 Å². The van der Waals surface area contributed by atoms with Gasteiger partial charge >= 0.3 is 5.69 Å². The summed E-state index contributed by atoms with van der Waals surface area (Å²) in [5.41, 5.74) is -0.903. The van der Waals surface area contributed by atoms with Gasteiger partial charge in [0.25, 0.3) is 5.56 Å². The average molecular weight is 404 g/mol. The Balaban J connectivity index is 2.36. The maximum absolute atomic E-state index is 13.4. The average Bonchev–Trinajstić information content (AvgIpc) is 2.65. The largest absolute Gasteiger partial charge is 0.421 e. The molecule has 0 saturated carbocycles. The molecule has 0 amide bonds. The summed E-state index contributed by atoms with van der Waals surface area (Å²) in [6.07, 6.45) is 0. The van der Waals surface area contributed by atoms with Crippen molar-refractivity contribution in [1.82, 2.24) is 9.71 Å². The van der Waals surface area contributed by atoms with Gasteiger partial charge in [0.2, 0.25) is 9.84 Å². The third-order valence-electron chi connectivity index (χ3n) is 4.38. The molecule has 1 heterocycles. The molecule has 0 unspecified atom stereocenters. The summed E-state index contributed by atoms with van der Waals surface area (Å²) in [4.78, 5) is 29.6. The highest BCUT2D eigenvalue weighted by molar-refractivity contribution is 7.91. The molecular formula is C18H20N4O5S. The number of nitrogens with one attached hydrogen (secondary N) is 1. The highest BCUT2D eigenvalue weighted by Gasteiger charge is 2.24. The van der Waals surface area contributed by atoms with Gasteiger partial charge < -0.3 is 20.0 Å². The quantitative estimate of drug-likeness (QED) is 0.621. The third-order valence-corrected chi connectivity index (χ3v) is 6.16. The molecule has 0 bridgehead atoms. The number of hydrogen-bond donors (Lipinski definition) is 2. The van der Waals surface area contributed by atoms with Gasteiger partial charge in [-0.15, -0.1) is 0 Å². The summed E-state index contributed by atoms with van der Waals surface area (Å²) in [6, 6.07) is 8.92. The van der Waals surface area contributed by atoms with Crippen molar-refractivity contribution in [3.8, 4) is 0 Å². The highest BCUT2D eigenvalue weighted by Crippen LogP contribution is 2.31. The minimum absolute atomic E-state index is 0.0175. The highest BCUT2D eigenvalue weighted by atomic mass is 32.2. The van der Waals surface area contributed by atoms with Crippen LogP contribution in [-0.4, -0.2) is 51.5 Å². The summed E-state index contributed by atoms with van der Waals surface area (Å²) in [5, 5.41) is 9.40. The minimum atomic E-state index is -4.08.